The van der Waals surface area contributed by atoms with Crippen LogP contribution in [0.25, 0.3) is 33.8 Å². The standard InChI is InChI=1S/C26H28N8O/c1-5-34-23(18-11-27-16(4)28-12-18)32-22-21(29-14-30-24(22)34)17-6-7-20-19(10-17)26(25(35)31-20)8-9-33(13-26)15(2)3/h6-7,10-12,14-15H,5,8-9,13H2,1-4H3,(H,31,35)/t26-/m1/s1. The SMILES string of the molecule is CCn1c(-c2cnc(C)nc2)nc2c(-c3ccc4c(c3)[C@]3(CCN(C(C)C)C3)C(=O)N4)ncnc21. The van der Waals surface area contributed by atoms with Crippen LogP contribution in [0.1, 0.15) is 38.6 Å². The van der Waals surface area contributed by atoms with Crippen molar-refractivity contribution < 1.29 is 4.79 Å². The van der Waals surface area contributed by atoms with Gasteiger partial charge in [0, 0.05) is 42.8 Å². The first-order chi connectivity index (χ1) is 16.9. The zero-order chi connectivity index (χ0) is 24.3. The van der Waals surface area contributed by atoms with E-state index in [1.807, 2.05) is 19.1 Å². The molecule has 2 aliphatic heterocycles. The third kappa shape index (κ3) is 3.25. The molecular formula is C26H28N8O. The second kappa shape index (κ2) is 7.91. The highest BCUT2D eigenvalue weighted by atomic mass is 16.2. The van der Waals surface area contributed by atoms with E-state index in [2.05, 4.69) is 61.6 Å². The highest BCUT2D eigenvalue weighted by Crippen LogP contribution is 2.46. The van der Waals surface area contributed by atoms with Gasteiger partial charge in [0.1, 0.15) is 29.2 Å². The second-order valence-electron chi connectivity index (χ2n) is 9.70. The molecule has 0 bridgehead atoms. The molecule has 3 aromatic heterocycles. The fourth-order valence-corrected chi connectivity index (χ4v) is 5.42. The molecule has 1 atom stereocenters. The summed E-state index contributed by atoms with van der Waals surface area (Å²) >= 11 is 0. The van der Waals surface area contributed by atoms with Crippen molar-refractivity contribution in [3.8, 4) is 22.6 Å². The Balaban J connectivity index is 1.49. The van der Waals surface area contributed by atoms with Gasteiger partial charge in [-0.05, 0) is 58.4 Å². The summed E-state index contributed by atoms with van der Waals surface area (Å²) in [6.45, 7) is 10.6. The van der Waals surface area contributed by atoms with Crippen molar-refractivity contribution in [3.63, 3.8) is 0 Å². The fourth-order valence-electron chi connectivity index (χ4n) is 5.42. The van der Waals surface area contributed by atoms with Crippen molar-refractivity contribution in [2.75, 3.05) is 18.4 Å². The number of benzene rings is 1. The largest absolute Gasteiger partial charge is 0.325 e. The molecule has 4 aromatic rings. The van der Waals surface area contributed by atoms with Gasteiger partial charge in [0.05, 0.1) is 11.0 Å². The van der Waals surface area contributed by atoms with Crippen LogP contribution in [-0.4, -0.2) is 59.4 Å². The molecule has 1 saturated heterocycles. The summed E-state index contributed by atoms with van der Waals surface area (Å²) in [5, 5.41) is 3.12. The van der Waals surface area contributed by atoms with Crippen molar-refractivity contribution in [2.45, 2.75) is 52.1 Å². The molecule has 0 unspecified atom stereocenters. The molecule has 0 aliphatic carbocycles. The first kappa shape index (κ1) is 21.8. The van der Waals surface area contributed by atoms with E-state index in [4.69, 9.17) is 4.98 Å². The Morgan fingerprint density at radius 3 is 2.63 bits per heavy atom. The zero-order valence-electron chi connectivity index (χ0n) is 20.4. The first-order valence-corrected chi connectivity index (χ1v) is 12.1. The number of nitrogens with zero attached hydrogens (tertiary/aromatic N) is 7. The van der Waals surface area contributed by atoms with E-state index in [-0.39, 0.29) is 5.91 Å². The number of fused-ring (bicyclic) bond motifs is 3. The van der Waals surface area contributed by atoms with Crippen LogP contribution in [0.4, 0.5) is 5.69 Å². The summed E-state index contributed by atoms with van der Waals surface area (Å²) in [5.41, 5.74) is 5.45. The lowest BCUT2D eigenvalue weighted by Crippen LogP contribution is -2.39. The number of aromatic nitrogens is 6. The van der Waals surface area contributed by atoms with Gasteiger partial charge in [-0.3, -0.25) is 9.69 Å². The normalized spacial score (nSPS) is 19.7. The number of rotatable bonds is 4. The molecule has 178 valence electrons. The number of carbonyl (C=O) groups excluding carboxylic acids is 1. The van der Waals surface area contributed by atoms with Crippen LogP contribution < -0.4 is 5.32 Å². The van der Waals surface area contributed by atoms with Crippen LogP contribution >= 0.6 is 0 Å². The average molecular weight is 469 g/mol. The summed E-state index contributed by atoms with van der Waals surface area (Å²) in [6, 6.07) is 6.53. The van der Waals surface area contributed by atoms with Crippen LogP contribution in [0, 0.1) is 6.92 Å². The molecule has 35 heavy (non-hydrogen) atoms. The topological polar surface area (TPSA) is 102 Å². The molecule has 1 fully saturated rings. The van der Waals surface area contributed by atoms with Crippen molar-refractivity contribution in [2.24, 2.45) is 0 Å². The molecule has 9 nitrogen and oxygen atoms in total. The van der Waals surface area contributed by atoms with Crippen LogP contribution in [0.15, 0.2) is 36.9 Å². The van der Waals surface area contributed by atoms with Gasteiger partial charge in [-0.25, -0.2) is 24.9 Å². The molecule has 5 heterocycles. The second-order valence-corrected chi connectivity index (χ2v) is 9.70. The van der Waals surface area contributed by atoms with Crippen LogP contribution in [-0.2, 0) is 16.8 Å². The maximum absolute atomic E-state index is 13.2. The Morgan fingerprint density at radius 1 is 1.11 bits per heavy atom. The minimum absolute atomic E-state index is 0.0950. The van der Waals surface area contributed by atoms with E-state index in [1.54, 1.807) is 18.7 Å². The number of hydrogen-bond donors (Lipinski definition) is 1. The molecule has 6 rings (SSSR count). The summed E-state index contributed by atoms with van der Waals surface area (Å²) in [7, 11) is 0. The summed E-state index contributed by atoms with van der Waals surface area (Å²) in [6.07, 6.45) is 5.98. The lowest BCUT2D eigenvalue weighted by Gasteiger charge is -2.25. The molecule has 1 amide bonds. The van der Waals surface area contributed by atoms with Crippen LogP contribution in [0.2, 0.25) is 0 Å². The molecule has 9 heteroatoms. The van der Waals surface area contributed by atoms with Gasteiger partial charge in [0.25, 0.3) is 0 Å². The van der Waals surface area contributed by atoms with E-state index >= 15 is 0 Å². The van der Waals surface area contributed by atoms with Crippen molar-refractivity contribution in [1.29, 1.82) is 0 Å². The highest BCUT2D eigenvalue weighted by molar-refractivity contribution is 6.07. The maximum atomic E-state index is 13.2. The number of aryl methyl sites for hydroxylation is 2. The van der Waals surface area contributed by atoms with Crippen LogP contribution in [0.3, 0.4) is 0 Å². The number of carbonyl (C=O) groups is 1. The average Bonchev–Trinajstić information content (AvgIpc) is 3.54. The predicted octanol–water partition coefficient (Wildman–Crippen LogP) is 3.58. The van der Waals surface area contributed by atoms with Gasteiger partial charge in [-0.2, -0.15) is 0 Å². The molecular weight excluding hydrogens is 440 g/mol. The van der Waals surface area contributed by atoms with Crippen LogP contribution in [0.5, 0.6) is 0 Å². The minimum atomic E-state index is -0.519. The molecule has 1 spiro atoms. The first-order valence-electron chi connectivity index (χ1n) is 12.1. The summed E-state index contributed by atoms with van der Waals surface area (Å²) < 4.78 is 2.06. The third-order valence-corrected chi connectivity index (χ3v) is 7.41. The van der Waals surface area contributed by atoms with E-state index in [9.17, 15) is 4.79 Å². The fraction of sp³-hybridized carbons (Fsp3) is 0.385. The Kier molecular flexibility index (Phi) is 4.93. The van der Waals surface area contributed by atoms with Crippen molar-refractivity contribution >= 4 is 22.8 Å². The summed E-state index contributed by atoms with van der Waals surface area (Å²) in [5.74, 6) is 1.58. The number of likely N-dealkylation sites (tertiary alicyclic amines) is 1. The van der Waals surface area contributed by atoms with Gasteiger partial charge in [-0.15, -0.1) is 0 Å². The Hall–Kier alpha value is -3.72. The van der Waals surface area contributed by atoms with E-state index < -0.39 is 5.41 Å². The Morgan fingerprint density at radius 2 is 1.91 bits per heavy atom. The highest BCUT2D eigenvalue weighted by Gasteiger charge is 2.51. The van der Waals surface area contributed by atoms with Gasteiger partial charge in [0.15, 0.2) is 5.65 Å². The smallest absolute Gasteiger partial charge is 0.236 e. The lowest BCUT2D eigenvalue weighted by molar-refractivity contribution is -0.120. The van der Waals surface area contributed by atoms with Crippen molar-refractivity contribution in [1.82, 2.24) is 34.4 Å². The van der Waals surface area contributed by atoms with E-state index in [1.165, 1.54) is 0 Å². The van der Waals surface area contributed by atoms with Crippen molar-refractivity contribution in [3.05, 3.63) is 48.3 Å². The zero-order valence-corrected chi connectivity index (χ0v) is 20.4. The quantitative estimate of drug-likeness (QED) is 0.488. The number of hydrogen-bond acceptors (Lipinski definition) is 7. The minimum Gasteiger partial charge on any atom is -0.325 e. The number of nitrogens with one attached hydrogen (secondary N) is 1. The molecule has 2 aliphatic rings. The van der Waals surface area contributed by atoms with Gasteiger partial charge < -0.3 is 9.88 Å². The number of amides is 1. The predicted molar refractivity (Wildman–Crippen MR) is 134 cm³/mol. The third-order valence-electron chi connectivity index (χ3n) is 7.41. The lowest BCUT2D eigenvalue weighted by atomic mass is 9.80. The number of anilines is 1. The maximum Gasteiger partial charge on any atom is 0.236 e. The molecule has 0 saturated carbocycles. The molecule has 1 N–H and O–H groups in total. The van der Waals surface area contributed by atoms with Gasteiger partial charge in [-0.1, -0.05) is 6.07 Å². The number of imidazole rings is 1. The van der Waals surface area contributed by atoms with Gasteiger partial charge in [0.2, 0.25) is 5.91 Å². The summed E-state index contributed by atoms with van der Waals surface area (Å²) in [4.78, 5) is 38.4. The monoisotopic (exact) mass is 468 g/mol. The van der Waals surface area contributed by atoms with E-state index in [0.29, 0.717) is 18.4 Å². The Labute approximate surface area is 203 Å². The molecule has 1 aromatic carbocycles. The Bertz CT molecular complexity index is 1460. The molecule has 0 radical (unpaired) electrons. The van der Waals surface area contributed by atoms with E-state index in [0.717, 1.165) is 64.6 Å². The van der Waals surface area contributed by atoms with Gasteiger partial charge >= 0.3 is 0 Å².